The van der Waals surface area contributed by atoms with Gasteiger partial charge in [0.25, 0.3) is 11.8 Å². The molecule has 2 aromatic carbocycles. The molecule has 1 saturated carbocycles. The number of nitrogens with one attached hydrogen (secondary N) is 2. The van der Waals surface area contributed by atoms with Gasteiger partial charge in [-0.15, -0.1) is 0 Å². The van der Waals surface area contributed by atoms with Crippen molar-refractivity contribution in [3.63, 3.8) is 0 Å². The van der Waals surface area contributed by atoms with E-state index >= 15 is 0 Å². The summed E-state index contributed by atoms with van der Waals surface area (Å²) in [6.45, 7) is 1.03. The van der Waals surface area contributed by atoms with Crippen LogP contribution in [0.3, 0.4) is 0 Å². The number of carbonyl (C=O) groups excluding carboxylic acids is 2. The van der Waals surface area contributed by atoms with Crippen molar-refractivity contribution >= 4 is 29.1 Å². The first-order valence-corrected chi connectivity index (χ1v) is 9.29. The number of halogens is 1. The summed E-state index contributed by atoms with van der Waals surface area (Å²) in [4.78, 5) is 24.8. The molecule has 27 heavy (non-hydrogen) atoms. The summed E-state index contributed by atoms with van der Waals surface area (Å²) in [7, 11) is 0. The van der Waals surface area contributed by atoms with Crippen LogP contribution in [0.1, 0.15) is 40.0 Å². The number of ether oxygens (including phenoxy) is 2. The Hall–Kier alpha value is -2.73. The third-order valence-corrected chi connectivity index (χ3v) is 4.64. The molecule has 0 bridgehead atoms. The predicted octanol–water partition coefficient (Wildman–Crippen LogP) is 3.65. The van der Waals surface area contributed by atoms with Crippen molar-refractivity contribution in [1.29, 1.82) is 0 Å². The molecule has 0 spiro atoms. The Morgan fingerprint density at radius 3 is 2.63 bits per heavy atom. The third kappa shape index (κ3) is 4.17. The Morgan fingerprint density at radius 2 is 1.81 bits per heavy atom. The summed E-state index contributed by atoms with van der Waals surface area (Å²) in [5.74, 6) is 0.451. The van der Waals surface area contributed by atoms with Gasteiger partial charge in [-0.05, 0) is 43.2 Å². The van der Waals surface area contributed by atoms with Crippen LogP contribution in [-0.4, -0.2) is 31.1 Å². The molecule has 6 nitrogen and oxygen atoms in total. The van der Waals surface area contributed by atoms with E-state index in [4.69, 9.17) is 21.1 Å². The van der Waals surface area contributed by atoms with Crippen LogP contribution in [-0.2, 0) is 0 Å². The van der Waals surface area contributed by atoms with Crippen molar-refractivity contribution in [3.05, 3.63) is 52.5 Å². The molecule has 0 unspecified atom stereocenters. The minimum atomic E-state index is -0.340. The molecular formula is C20H19ClN2O4. The number of amides is 2. The van der Waals surface area contributed by atoms with Gasteiger partial charge in [0.2, 0.25) is 0 Å². The highest BCUT2D eigenvalue weighted by atomic mass is 35.5. The van der Waals surface area contributed by atoms with Gasteiger partial charge >= 0.3 is 0 Å². The molecule has 7 heteroatoms. The average Bonchev–Trinajstić information content (AvgIpc) is 3.48. The Kier molecular flexibility index (Phi) is 4.90. The van der Waals surface area contributed by atoms with E-state index in [9.17, 15) is 9.59 Å². The van der Waals surface area contributed by atoms with Gasteiger partial charge in [-0.3, -0.25) is 9.59 Å². The van der Waals surface area contributed by atoms with Crippen molar-refractivity contribution in [1.82, 2.24) is 5.32 Å². The molecule has 1 heterocycles. The molecule has 0 radical (unpaired) electrons. The van der Waals surface area contributed by atoms with Gasteiger partial charge in [-0.25, -0.2) is 0 Å². The highest BCUT2D eigenvalue weighted by molar-refractivity contribution is 6.32. The third-order valence-electron chi connectivity index (χ3n) is 4.36. The van der Waals surface area contributed by atoms with Crippen molar-refractivity contribution in [3.8, 4) is 11.5 Å². The van der Waals surface area contributed by atoms with E-state index in [2.05, 4.69) is 10.6 Å². The fraction of sp³-hybridized carbons (Fsp3) is 0.300. The maximum absolute atomic E-state index is 12.6. The van der Waals surface area contributed by atoms with E-state index in [0.29, 0.717) is 46.5 Å². The first-order chi connectivity index (χ1) is 13.1. The molecule has 1 aliphatic carbocycles. The fourth-order valence-electron chi connectivity index (χ4n) is 2.80. The highest BCUT2D eigenvalue weighted by Crippen LogP contribution is 2.38. The van der Waals surface area contributed by atoms with Gasteiger partial charge in [-0.1, -0.05) is 17.7 Å². The van der Waals surface area contributed by atoms with Crippen LogP contribution in [0, 0.1) is 0 Å². The van der Waals surface area contributed by atoms with Gasteiger partial charge in [0.05, 0.1) is 18.2 Å². The monoisotopic (exact) mass is 386 g/mol. The van der Waals surface area contributed by atoms with E-state index in [0.717, 1.165) is 19.3 Å². The number of anilines is 1. The van der Waals surface area contributed by atoms with Crippen LogP contribution in [0.5, 0.6) is 11.5 Å². The molecule has 0 atom stereocenters. The van der Waals surface area contributed by atoms with E-state index in [1.807, 2.05) is 0 Å². The fourth-order valence-corrected chi connectivity index (χ4v) is 3.06. The normalized spacial score (nSPS) is 15.6. The Bertz CT molecular complexity index is 896. The van der Waals surface area contributed by atoms with Crippen LogP contribution >= 0.6 is 11.6 Å². The van der Waals surface area contributed by atoms with E-state index in [1.54, 1.807) is 36.4 Å². The molecule has 2 aromatic rings. The number of hydrogen-bond donors (Lipinski definition) is 2. The SMILES string of the molecule is O=C(Nc1cccc(C(=O)NC2CC2)c1)c1cc(Cl)c2c(c1)OCCCO2. The largest absolute Gasteiger partial charge is 0.489 e. The second kappa shape index (κ2) is 7.48. The Labute approximate surface area is 161 Å². The maximum atomic E-state index is 12.6. The van der Waals surface area contributed by atoms with Crippen LogP contribution in [0.4, 0.5) is 5.69 Å². The molecule has 1 fully saturated rings. The second-order valence-electron chi connectivity index (χ2n) is 6.62. The number of benzene rings is 2. The lowest BCUT2D eigenvalue weighted by molar-refractivity contribution is 0.0949. The van der Waals surface area contributed by atoms with Crippen molar-refractivity contribution in [2.45, 2.75) is 25.3 Å². The standard InChI is InChI=1S/C20H19ClN2O4/c21-16-10-13(11-17-18(16)27-8-2-7-26-17)20(25)23-15-4-1-3-12(9-15)19(24)22-14-5-6-14/h1,3-4,9-11,14H,2,5-8H2,(H,22,24)(H,23,25). The topological polar surface area (TPSA) is 76.7 Å². The summed E-state index contributed by atoms with van der Waals surface area (Å²) < 4.78 is 11.2. The molecule has 2 amide bonds. The number of rotatable bonds is 4. The zero-order valence-electron chi connectivity index (χ0n) is 14.6. The minimum Gasteiger partial charge on any atom is -0.489 e. The van der Waals surface area contributed by atoms with Gasteiger partial charge in [0, 0.05) is 29.3 Å². The van der Waals surface area contributed by atoms with Crippen LogP contribution in [0.2, 0.25) is 5.02 Å². The van der Waals surface area contributed by atoms with E-state index < -0.39 is 0 Å². The molecule has 2 N–H and O–H groups in total. The lowest BCUT2D eigenvalue weighted by Crippen LogP contribution is -2.25. The van der Waals surface area contributed by atoms with Crippen LogP contribution in [0.15, 0.2) is 36.4 Å². The second-order valence-corrected chi connectivity index (χ2v) is 7.03. The number of carbonyl (C=O) groups is 2. The Morgan fingerprint density at radius 1 is 1.00 bits per heavy atom. The first kappa shape index (κ1) is 17.7. The average molecular weight is 387 g/mol. The van der Waals surface area contributed by atoms with Crippen molar-refractivity contribution in [2.24, 2.45) is 0 Å². The predicted molar refractivity (Wildman–Crippen MR) is 102 cm³/mol. The van der Waals surface area contributed by atoms with Crippen molar-refractivity contribution in [2.75, 3.05) is 18.5 Å². The first-order valence-electron chi connectivity index (χ1n) is 8.91. The van der Waals surface area contributed by atoms with Gasteiger partial charge in [0.1, 0.15) is 0 Å². The van der Waals surface area contributed by atoms with Crippen LogP contribution in [0.25, 0.3) is 0 Å². The maximum Gasteiger partial charge on any atom is 0.255 e. The molecule has 4 rings (SSSR count). The quantitative estimate of drug-likeness (QED) is 0.841. The molecule has 0 saturated heterocycles. The summed E-state index contributed by atoms with van der Waals surface area (Å²) in [6, 6.07) is 10.3. The lowest BCUT2D eigenvalue weighted by Gasteiger charge is -2.12. The molecular weight excluding hydrogens is 368 g/mol. The zero-order valence-corrected chi connectivity index (χ0v) is 15.3. The molecule has 0 aromatic heterocycles. The summed E-state index contributed by atoms with van der Waals surface area (Å²) >= 11 is 6.25. The van der Waals surface area contributed by atoms with E-state index in [1.165, 1.54) is 0 Å². The number of hydrogen-bond acceptors (Lipinski definition) is 4. The molecule has 140 valence electrons. The lowest BCUT2D eigenvalue weighted by atomic mass is 10.1. The van der Waals surface area contributed by atoms with Gasteiger partial charge in [0.15, 0.2) is 11.5 Å². The van der Waals surface area contributed by atoms with Gasteiger partial charge < -0.3 is 20.1 Å². The zero-order chi connectivity index (χ0) is 18.8. The number of fused-ring (bicyclic) bond motifs is 1. The minimum absolute atomic E-state index is 0.132. The smallest absolute Gasteiger partial charge is 0.255 e. The molecule has 1 aliphatic heterocycles. The Balaban J connectivity index is 1.51. The van der Waals surface area contributed by atoms with E-state index in [-0.39, 0.29) is 17.9 Å². The van der Waals surface area contributed by atoms with Gasteiger partial charge in [-0.2, -0.15) is 0 Å². The summed E-state index contributed by atoms with van der Waals surface area (Å²) in [6.07, 6.45) is 2.79. The van der Waals surface area contributed by atoms with Crippen molar-refractivity contribution < 1.29 is 19.1 Å². The van der Waals surface area contributed by atoms with Crippen LogP contribution < -0.4 is 20.1 Å². The molecule has 2 aliphatic rings. The summed E-state index contributed by atoms with van der Waals surface area (Å²) in [5, 5.41) is 6.06. The summed E-state index contributed by atoms with van der Waals surface area (Å²) in [5.41, 5.74) is 1.40. The highest BCUT2D eigenvalue weighted by Gasteiger charge is 2.24.